The lowest BCUT2D eigenvalue weighted by molar-refractivity contribution is 0.613. The summed E-state index contributed by atoms with van der Waals surface area (Å²) in [6.07, 6.45) is 22.0. The van der Waals surface area contributed by atoms with Gasteiger partial charge in [-0.3, -0.25) is 24.9 Å². The maximum absolute atomic E-state index is 13.5. The molecule has 0 bridgehead atoms. The van der Waals surface area contributed by atoms with E-state index < -0.39 is 0 Å². The molecule has 15 rings (SSSR count). The number of hydrogen-bond acceptors (Lipinski definition) is 23. The second-order valence-corrected chi connectivity index (χ2v) is 20.3. The molecule has 0 spiro atoms. The number of rotatable bonds is 15. The molecule has 34 heteroatoms. The summed E-state index contributed by atoms with van der Waals surface area (Å²) in [7, 11) is 0. The molecule has 0 unspecified atom stereocenters. The van der Waals surface area contributed by atoms with Crippen LogP contribution in [0.4, 0.5) is 33.5 Å². The third-order valence-electron chi connectivity index (χ3n) is 12.5. The van der Waals surface area contributed by atoms with Crippen molar-refractivity contribution >= 4 is 143 Å². The maximum atomic E-state index is 13.5. The Morgan fingerprint density at radius 1 is 0.352 bits per heavy atom. The van der Waals surface area contributed by atoms with Gasteiger partial charge in [-0.25, -0.2) is 29.3 Å². The topological polar surface area (TPSA) is 371 Å². The number of H-pyrrole nitrogens is 5. The lowest BCUT2D eigenvalue weighted by atomic mass is 10.2. The van der Waals surface area contributed by atoms with E-state index in [1.54, 1.807) is 86.8 Å². The van der Waals surface area contributed by atoms with Crippen LogP contribution in [0.5, 0.6) is 0 Å². The molecule has 0 radical (unpaired) electrons. The minimum absolute atomic E-state index is 0.144. The first-order valence-corrected chi connectivity index (χ1v) is 28.9. The van der Waals surface area contributed by atoms with Crippen molar-refractivity contribution in [3.8, 4) is 0 Å². The minimum atomic E-state index is -0.250. The van der Waals surface area contributed by atoms with Crippen LogP contribution in [-0.2, 0) is 32.7 Å². The molecule has 456 valence electrons. The van der Waals surface area contributed by atoms with E-state index in [-0.39, 0.29) is 32.2 Å². The largest absolute Gasteiger partial charge is 0.365 e. The molecule has 10 N–H and O–H groups in total. The highest BCUT2D eigenvalue weighted by Crippen LogP contribution is 2.25. The second-order valence-electron chi connectivity index (χ2n) is 18.6. The zero-order chi connectivity index (χ0) is 62.7. The van der Waals surface area contributed by atoms with E-state index >= 15 is 0 Å². The van der Waals surface area contributed by atoms with Gasteiger partial charge in [-0.15, -0.1) is 0 Å². The van der Waals surface area contributed by atoms with Crippen LogP contribution in [0, 0.1) is 5.82 Å². The van der Waals surface area contributed by atoms with Gasteiger partial charge in [0.05, 0.1) is 60.4 Å². The van der Waals surface area contributed by atoms with Crippen LogP contribution in [0.25, 0.3) is 55.6 Å². The lowest BCUT2D eigenvalue weighted by Crippen LogP contribution is -2.04. The molecule has 15 aromatic rings. The average Bonchev–Trinajstić information content (AvgIpc) is 2.52. The Balaban J connectivity index is 0.000000117. The quantitative estimate of drug-likeness (QED) is 0.0426. The van der Waals surface area contributed by atoms with Gasteiger partial charge in [0.15, 0.2) is 34.4 Å². The summed E-state index contributed by atoms with van der Waals surface area (Å²) in [5.41, 5.74) is 9.59. The van der Waals surface area contributed by atoms with Gasteiger partial charge in [0.2, 0.25) is 26.4 Å². The zero-order valence-corrected chi connectivity index (χ0v) is 50.6. The molecule has 0 aliphatic heterocycles. The standard InChI is InChI=1S/C13H10ClFN4.C12H10ClN5.2C11H9ClN6.C10H8ClN7/c14-13-18-11-9(5-6-16-11)12(19-13)17-7-8-3-1-2-4-10(8)15;13-12-17-10-9(3-5-15-10)11(18-12)16-7-8-2-1-4-14-6-8;12-11-17-9(8-10(18-11)16-6-15-8)14-5-7-2-1-3-13-4-7;12-11-17-9(8-10(18-11)16-6-15-8)14-5-7-3-1-2-4-13-7;11-10-17-8(7-9(18-10)16-5-15-7)14-4-6-3-12-1-2-13-6/h1-6H,7H2,(H2,16,17,18,19);1-6H,7H2,(H2,15,16,17,18);2*1-4,6H,5H2,(H2,14,15,16,17,18);1-3,5H,4H2,(H2,14,15,16,17,18). The van der Waals surface area contributed by atoms with Gasteiger partial charge in [-0.05, 0) is 112 Å². The molecule has 91 heavy (non-hydrogen) atoms. The number of anilines is 5. The second kappa shape index (κ2) is 30.3. The summed E-state index contributed by atoms with van der Waals surface area (Å²) in [5.74, 6) is 2.89. The van der Waals surface area contributed by atoms with Crippen LogP contribution >= 0.6 is 58.0 Å². The van der Waals surface area contributed by atoms with E-state index in [1.807, 2.05) is 67.0 Å². The molecule has 0 aliphatic rings. The predicted octanol–water partition coefficient (Wildman–Crippen LogP) is 11.4. The van der Waals surface area contributed by atoms with Crippen molar-refractivity contribution in [2.24, 2.45) is 0 Å². The Hall–Kier alpha value is -11.0. The monoisotopic (exact) mass is 1320 g/mol. The van der Waals surface area contributed by atoms with E-state index in [9.17, 15) is 4.39 Å². The van der Waals surface area contributed by atoms with Crippen LogP contribution < -0.4 is 26.6 Å². The molecule has 28 nitrogen and oxygen atoms in total. The summed E-state index contributed by atoms with van der Waals surface area (Å²) in [4.78, 5) is 88.4. The van der Waals surface area contributed by atoms with Crippen LogP contribution in [0.3, 0.4) is 0 Å². The summed E-state index contributed by atoms with van der Waals surface area (Å²) < 4.78 is 13.5. The number of aromatic amines is 5. The molecule has 0 amide bonds. The molecular formula is C57H46Cl5FN28. The van der Waals surface area contributed by atoms with Crippen molar-refractivity contribution < 1.29 is 4.39 Å². The SMILES string of the molecule is Clc1nc(NCc2ccccn2)c2[nH]cnc2n1.Clc1nc(NCc2cccnc2)c2[nH]cnc2n1.Clc1nc(NCc2cccnc2)c2cc[nH]c2n1.Clc1nc(NCc2cnccn2)c2[nH]cnc2n1.Fc1ccccc1CNc1nc(Cl)nc2[nH]ccc12. The minimum Gasteiger partial charge on any atom is -0.365 e. The highest BCUT2D eigenvalue weighted by Gasteiger charge is 2.13. The Morgan fingerprint density at radius 3 is 1.26 bits per heavy atom. The fourth-order valence-electron chi connectivity index (χ4n) is 8.37. The summed E-state index contributed by atoms with van der Waals surface area (Å²) in [5, 5.41) is 18.4. The third-order valence-corrected chi connectivity index (χ3v) is 13.4. The van der Waals surface area contributed by atoms with Crippen LogP contribution in [0.15, 0.2) is 160 Å². The lowest BCUT2D eigenvalue weighted by Gasteiger charge is -2.07. The first-order chi connectivity index (χ1) is 44.5. The molecule has 14 aromatic heterocycles. The predicted molar refractivity (Wildman–Crippen MR) is 346 cm³/mol. The first kappa shape index (κ1) is 61.7. The number of nitrogens with zero attached hydrogens (tertiary/aromatic N) is 18. The summed E-state index contributed by atoms with van der Waals surface area (Å²) >= 11 is 29.2. The van der Waals surface area contributed by atoms with Crippen molar-refractivity contribution in [1.82, 2.24) is 115 Å². The maximum Gasteiger partial charge on any atom is 0.226 e. The fourth-order valence-corrected chi connectivity index (χ4v) is 9.20. The van der Waals surface area contributed by atoms with Gasteiger partial charge in [-0.1, -0.05) is 36.4 Å². The van der Waals surface area contributed by atoms with Crippen LogP contribution in [-0.4, -0.2) is 115 Å². The molecule has 0 aliphatic carbocycles. The van der Waals surface area contributed by atoms with Gasteiger partial charge < -0.3 is 51.5 Å². The number of fused-ring (bicyclic) bond motifs is 5. The number of aromatic nitrogens is 23. The molecule has 1 aromatic carbocycles. The van der Waals surface area contributed by atoms with E-state index in [1.165, 1.54) is 6.07 Å². The van der Waals surface area contributed by atoms with Crippen molar-refractivity contribution in [1.29, 1.82) is 0 Å². The van der Waals surface area contributed by atoms with E-state index in [0.717, 1.165) is 55.8 Å². The summed E-state index contributed by atoms with van der Waals surface area (Å²) in [6.45, 7) is 2.63. The van der Waals surface area contributed by atoms with Crippen molar-refractivity contribution in [2.75, 3.05) is 26.6 Å². The van der Waals surface area contributed by atoms with Crippen molar-refractivity contribution in [3.63, 3.8) is 0 Å². The highest BCUT2D eigenvalue weighted by molar-refractivity contribution is 6.30. The molecule has 0 fully saturated rings. The van der Waals surface area contributed by atoms with Gasteiger partial charge in [0.25, 0.3) is 0 Å². The fraction of sp³-hybridized carbons (Fsp3) is 0.0877. The van der Waals surface area contributed by atoms with Crippen molar-refractivity contribution in [2.45, 2.75) is 32.7 Å². The Labute approximate surface area is 538 Å². The smallest absolute Gasteiger partial charge is 0.226 e. The van der Waals surface area contributed by atoms with Gasteiger partial charge in [0.1, 0.15) is 45.3 Å². The molecular weight excluding hydrogens is 1270 g/mol. The molecule has 14 heterocycles. The molecule has 0 saturated heterocycles. The van der Waals surface area contributed by atoms with Gasteiger partial charge in [0, 0.05) is 81.0 Å². The van der Waals surface area contributed by atoms with Crippen LogP contribution in [0.1, 0.15) is 28.1 Å². The highest BCUT2D eigenvalue weighted by atomic mass is 35.5. The Morgan fingerprint density at radius 2 is 0.791 bits per heavy atom. The third kappa shape index (κ3) is 16.8. The first-order valence-electron chi connectivity index (χ1n) is 27.0. The number of benzene rings is 1. The van der Waals surface area contributed by atoms with Gasteiger partial charge in [-0.2, -0.15) is 39.9 Å². The number of pyridine rings is 3. The molecule has 0 atom stereocenters. The Bertz CT molecular complexity index is 4310. The van der Waals surface area contributed by atoms with E-state index in [4.69, 9.17) is 58.0 Å². The Kier molecular flexibility index (Phi) is 20.5. The summed E-state index contributed by atoms with van der Waals surface area (Å²) in [6, 6.07) is 23.8. The number of hydrogen-bond donors (Lipinski definition) is 10. The van der Waals surface area contributed by atoms with Gasteiger partial charge >= 0.3 is 0 Å². The van der Waals surface area contributed by atoms with E-state index in [2.05, 4.69) is 141 Å². The van der Waals surface area contributed by atoms with E-state index in [0.29, 0.717) is 89.7 Å². The van der Waals surface area contributed by atoms with Crippen LogP contribution in [0.2, 0.25) is 26.4 Å². The van der Waals surface area contributed by atoms with Crippen molar-refractivity contribution in [3.05, 3.63) is 220 Å². The molecule has 0 saturated carbocycles. The number of nitrogens with one attached hydrogen (secondary N) is 10. The zero-order valence-electron chi connectivity index (χ0n) is 46.9. The normalized spacial score (nSPS) is 10.7. The average molecular weight is 1320 g/mol. The number of halogens is 6. The number of imidazole rings is 3.